The van der Waals surface area contributed by atoms with Crippen LogP contribution in [0.5, 0.6) is 11.5 Å². The van der Waals surface area contributed by atoms with E-state index in [1.54, 1.807) is 19.4 Å². The number of imidazole rings is 1. The van der Waals surface area contributed by atoms with Crippen LogP contribution in [-0.2, 0) is 16.1 Å². The van der Waals surface area contributed by atoms with Crippen molar-refractivity contribution in [3.8, 4) is 11.5 Å². The Bertz CT molecular complexity index is 777. The molecule has 1 aromatic carbocycles. The predicted molar refractivity (Wildman–Crippen MR) is 85.6 cm³/mol. The second-order valence-corrected chi connectivity index (χ2v) is 5.70. The van der Waals surface area contributed by atoms with Crippen molar-refractivity contribution in [1.29, 1.82) is 0 Å². The maximum atomic E-state index is 12.4. The molecule has 1 aliphatic heterocycles. The van der Waals surface area contributed by atoms with Crippen molar-refractivity contribution < 1.29 is 24.6 Å². The number of para-hydroxylation sites is 1. The topological polar surface area (TPSA) is 128 Å². The highest BCUT2D eigenvalue weighted by molar-refractivity contribution is 6.00. The Morgan fingerprint density at radius 3 is 2.96 bits per heavy atom. The molecule has 0 unspecified atom stereocenters. The summed E-state index contributed by atoms with van der Waals surface area (Å²) in [7, 11) is 0. The number of phenolic OH excluding ortho intramolecular Hbond substituents is 2. The fraction of sp³-hybridized carbons (Fsp3) is 0.312. The lowest BCUT2D eigenvalue weighted by molar-refractivity contribution is -0.170. The van der Waals surface area contributed by atoms with E-state index in [2.05, 4.69) is 15.3 Å². The van der Waals surface area contributed by atoms with Gasteiger partial charge in [-0.1, -0.05) is 6.07 Å². The van der Waals surface area contributed by atoms with Crippen LogP contribution in [0.25, 0.3) is 0 Å². The second-order valence-electron chi connectivity index (χ2n) is 5.70. The Kier molecular flexibility index (Phi) is 4.57. The van der Waals surface area contributed by atoms with Crippen molar-refractivity contribution in [2.75, 3.05) is 6.54 Å². The van der Waals surface area contributed by atoms with Gasteiger partial charge < -0.3 is 20.5 Å². The van der Waals surface area contributed by atoms with E-state index in [1.165, 1.54) is 23.3 Å². The number of hydroxylamine groups is 2. The molecule has 2 atom stereocenters. The number of benzene rings is 1. The van der Waals surface area contributed by atoms with Crippen LogP contribution in [0, 0.1) is 0 Å². The summed E-state index contributed by atoms with van der Waals surface area (Å²) in [5, 5.41) is 23.0. The summed E-state index contributed by atoms with van der Waals surface area (Å²) in [5.74, 6) is -1.98. The molecule has 1 fully saturated rings. The molecule has 9 nitrogen and oxygen atoms in total. The number of rotatable bonds is 5. The van der Waals surface area contributed by atoms with Gasteiger partial charge in [-0.25, -0.2) is 10.0 Å². The third kappa shape index (κ3) is 3.41. The van der Waals surface area contributed by atoms with Crippen LogP contribution in [0.4, 0.5) is 0 Å². The van der Waals surface area contributed by atoms with Crippen LogP contribution in [-0.4, -0.2) is 55.7 Å². The number of aromatic amines is 1. The number of aromatic hydroxyl groups is 2. The molecule has 0 aliphatic carbocycles. The summed E-state index contributed by atoms with van der Waals surface area (Å²) in [4.78, 5) is 37.1. The quantitative estimate of drug-likeness (QED) is 0.578. The van der Waals surface area contributed by atoms with E-state index < -0.39 is 29.6 Å². The maximum Gasteiger partial charge on any atom is 0.271 e. The van der Waals surface area contributed by atoms with Crippen molar-refractivity contribution in [2.45, 2.75) is 25.5 Å². The Morgan fingerprint density at radius 1 is 1.44 bits per heavy atom. The molecule has 2 aromatic rings. The van der Waals surface area contributed by atoms with Gasteiger partial charge in [0.05, 0.1) is 18.4 Å². The number of nitrogens with zero attached hydrogens (tertiary/aromatic N) is 2. The molecule has 0 spiro atoms. The molecule has 0 saturated carbocycles. The van der Waals surface area contributed by atoms with E-state index in [-0.39, 0.29) is 11.5 Å². The normalized spacial score (nSPS) is 20.0. The number of hydrogen-bond acceptors (Lipinski definition) is 6. The van der Waals surface area contributed by atoms with Crippen molar-refractivity contribution in [3.05, 3.63) is 42.0 Å². The molecular weight excluding hydrogens is 328 g/mol. The maximum absolute atomic E-state index is 12.4. The SMILES string of the molecule is C[C@@H]1ON(CCc2cnc[nH]2)C(=O)[C@H]1NC(=O)c1cccc(O)c1O. The van der Waals surface area contributed by atoms with Gasteiger partial charge in [0.2, 0.25) is 0 Å². The average molecular weight is 346 g/mol. The van der Waals surface area contributed by atoms with E-state index >= 15 is 0 Å². The molecule has 2 amide bonds. The first-order chi connectivity index (χ1) is 12.0. The number of nitrogens with one attached hydrogen (secondary N) is 2. The summed E-state index contributed by atoms with van der Waals surface area (Å²) in [6.45, 7) is 1.98. The van der Waals surface area contributed by atoms with Crippen LogP contribution in [0.2, 0.25) is 0 Å². The van der Waals surface area contributed by atoms with E-state index in [4.69, 9.17) is 4.84 Å². The molecule has 0 radical (unpaired) electrons. The largest absolute Gasteiger partial charge is 0.504 e. The van der Waals surface area contributed by atoms with Gasteiger partial charge in [-0.05, 0) is 19.1 Å². The average Bonchev–Trinajstić information content (AvgIpc) is 3.19. The highest BCUT2D eigenvalue weighted by Gasteiger charge is 2.40. The van der Waals surface area contributed by atoms with E-state index in [0.717, 1.165) is 5.69 Å². The zero-order chi connectivity index (χ0) is 18.0. The molecule has 9 heteroatoms. The lowest BCUT2D eigenvalue weighted by Crippen LogP contribution is -2.45. The lowest BCUT2D eigenvalue weighted by Gasteiger charge is -2.14. The monoisotopic (exact) mass is 346 g/mol. The Labute approximate surface area is 143 Å². The van der Waals surface area contributed by atoms with Crippen molar-refractivity contribution in [2.24, 2.45) is 0 Å². The van der Waals surface area contributed by atoms with Crippen molar-refractivity contribution >= 4 is 11.8 Å². The molecule has 4 N–H and O–H groups in total. The minimum atomic E-state index is -0.879. The van der Waals surface area contributed by atoms with E-state index in [9.17, 15) is 19.8 Å². The summed E-state index contributed by atoms with van der Waals surface area (Å²) in [6, 6.07) is 3.16. The number of carbonyl (C=O) groups is 2. The third-order valence-corrected chi connectivity index (χ3v) is 3.96. The lowest BCUT2D eigenvalue weighted by atomic mass is 10.1. The fourth-order valence-electron chi connectivity index (χ4n) is 2.59. The number of H-pyrrole nitrogens is 1. The summed E-state index contributed by atoms with van der Waals surface area (Å²) < 4.78 is 0. The summed E-state index contributed by atoms with van der Waals surface area (Å²) >= 11 is 0. The van der Waals surface area contributed by atoms with Gasteiger partial charge in [0.15, 0.2) is 11.5 Å². The molecule has 25 heavy (non-hydrogen) atoms. The minimum Gasteiger partial charge on any atom is -0.504 e. The Morgan fingerprint density at radius 2 is 2.24 bits per heavy atom. The van der Waals surface area contributed by atoms with Crippen molar-refractivity contribution in [1.82, 2.24) is 20.3 Å². The molecule has 1 aromatic heterocycles. The number of amides is 2. The van der Waals surface area contributed by atoms with Crippen LogP contribution < -0.4 is 5.32 Å². The zero-order valence-electron chi connectivity index (χ0n) is 13.5. The van der Waals surface area contributed by atoms with E-state index in [1.807, 2.05) is 0 Å². The molecular formula is C16H18N4O5. The van der Waals surface area contributed by atoms with E-state index in [0.29, 0.717) is 13.0 Å². The van der Waals surface area contributed by atoms with Gasteiger partial charge >= 0.3 is 0 Å². The van der Waals surface area contributed by atoms with Gasteiger partial charge in [-0.3, -0.25) is 14.4 Å². The fourth-order valence-corrected chi connectivity index (χ4v) is 2.59. The molecule has 1 aliphatic rings. The first kappa shape index (κ1) is 16.8. The van der Waals surface area contributed by atoms with Gasteiger partial charge in [-0.15, -0.1) is 0 Å². The van der Waals surface area contributed by atoms with Crippen LogP contribution >= 0.6 is 0 Å². The third-order valence-electron chi connectivity index (χ3n) is 3.96. The first-order valence-corrected chi connectivity index (χ1v) is 7.74. The Balaban J connectivity index is 1.65. The summed E-state index contributed by atoms with van der Waals surface area (Å²) in [6.07, 6.45) is 3.19. The van der Waals surface area contributed by atoms with Crippen LogP contribution in [0.3, 0.4) is 0 Å². The Hall–Kier alpha value is -3.07. The number of phenols is 2. The highest BCUT2D eigenvalue weighted by Crippen LogP contribution is 2.28. The first-order valence-electron chi connectivity index (χ1n) is 7.74. The van der Waals surface area contributed by atoms with Gasteiger partial charge in [-0.2, -0.15) is 0 Å². The van der Waals surface area contributed by atoms with Gasteiger partial charge in [0.1, 0.15) is 12.1 Å². The smallest absolute Gasteiger partial charge is 0.271 e. The number of aromatic nitrogens is 2. The molecule has 132 valence electrons. The standard InChI is InChI=1S/C16H18N4O5/c1-9-13(19-15(23)11-3-2-4-12(21)14(11)22)16(24)20(25-9)6-5-10-7-17-8-18-10/h2-4,7-9,13,21-22H,5-6H2,1H3,(H,17,18)(H,19,23)/t9-,13-/m0/s1. The van der Waals surface area contributed by atoms with Crippen molar-refractivity contribution in [3.63, 3.8) is 0 Å². The molecule has 1 saturated heterocycles. The predicted octanol–water partition coefficient (Wildman–Crippen LogP) is 0.324. The molecule has 0 bridgehead atoms. The number of carbonyl (C=O) groups excluding carboxylic acids is 2. The number of hydrogen-bond donors (Lipinski definition) is 4. The summed E-state index contributed by atoms with van der Waals surface area (Å²) in [5.41, 5.74) is 0.747. The highest BCUT2D eigenvalue weighted by atomic mass is 16.7. The molecule has 3 rings (SSSR count). The van der Waals surface area contributed by atoms with Crippen LogP contribution in [0.15, 0.2) is 30.7 Å². The van der Waals surface area contributed by atoms with Gasteiger partial charge in [0.25, 0.3) is 11.8 Å². The van der Waals surface area contributed by atoms with Gasteiger partial charge in [0, 0.05) is 18.3 Å². The second kappa shape index (κ2) is 6.81. The van der Waals surface area contributed by atoms with Crippen LogP contribution in [0.1, 0.15) is 23.0 Å². The zero-order valence-corrected chi connectivity index (χ0v) is 13.5. The minimum absolute atomic E-state index is 0.115. The molecule has 2 heterocycles.